The van der Waals surface area contributed by atoms with Crippen LogP contribution in [0.15, 0.2) is 49.8 Å². The highest BCUT2D eigenvalue weighted by molar-refractivity contribution is 9.11. The van der Waals surface area contributed by atoms with Crippen molar-refractivity contribution in [3.8, 4) is 5.75 Å². The Morgan fingerprint density at radius 3 is 2.45 bits per heavy atom. The highest BCUT2D eigenvalue weighted by Crippen LogP contribution is 2.52. The van der Waals surface area contributed by atoms with Gasteiger partial charge in [0.05, 0.1) is 14.4 Å². The number of hydrogen-bond donors (Lipinski definition) is 1. The van der Waals surface area contributed by atoms with Crippen molar-refractivity contribution in [2.24, 2.45) is 11.8 Å². The third-order valence-corrected chi connectivity index (χ3v) is 8.24. The van der Waals surface area contributed by atoms with Crippen molar-refractivity contribution in [1.82, 2.24) is 0 Å². The molecule has 0 amide bonds. The summed E-state index contributed by atoms with van der Waals surface area (Å²) >= 11 is 6.91. The van der Waals surface area contributed by atoms with Crippen LogP contribution in [-0.2, 0) is 16.6 Å². The lowest BCUT2D eigenvalue weighted by molar-refractivity contribution is -0.130. The molecule has 0 radical (unpaired) electrons. The molecule has 2 aromatic carbocycles. The minimum absolute atomic E-state index is 0.157. The molecule has 1 N–H and O–H groups in total. The Hall–Kier alpha value is -1.59. The van der Waals surface area contributed by atoms with Gasteiger partial charge in [-0.1, -0.05) is 39.0 Å². The standard InChI is InChI=1S/C26H28Br2O3/c1-5-20-23(17-8-6-7-9-21(17)31-20)26(4)11-10-16(14(2)3)22(25(26)30)15-12-18(27)24(29)19(28)13-15/h6-9,12-14,16,22,29H,5,10-11H2,1-4H3. The molecule has 5 heteroatoms. The lowest BCUT2D eigenvalue weighted by atomic mass is 9.58. The molecule has 1 heterocycles. The second-order valence-corrected chi connectivity index (χ2v) is 10.9. The third kappa shape index (κ3) is 3.68. The van der Waals surface area contributed by atoms with Crippen LogP contribution in [0.3, 0.4) is 0 Å². The third-order valence-electron chi connectivity index (χ3n) is 7.03. The zero-order chi connectivity index (χ0) is 22.5. The maximum Gasteiger partial charge on any atom is 0.150 e. The number of Topliss-reactive ketones (excluding diaryl/α,β-unsaturated/α-hetero) is 1. The van der Waals surface area contributed by atoms with Crippen LogP contribution in [0.5, 0.6) is 5.75 Å². The molecular formula is C26H28Br2O3. The van der Waals surface area contributed by atoms with Gasteiger partial charge in [-0.2, -0.15) is 0 Å². The molecular weight excluding hydrogens is 520 g/mol. The molecule has 3 atom stereocenters. The summed E-state index contributed by atoms with van der Waals surface area (Å²) < 4.78 is 7.38. The zero-order valence-corrected chi connectivity index (χ0v) is 21.5. The first-order chi connectivity index (χ1) is 14.7. The zero-order valence-electron chi connectivity index (χ0n) is 18.3. The van der Waals surface area contributed by atoms with Crippen LogP contribution in [0, 0.1) is 11.8 Å². The molecule has 1 fully saturated rings. The van der Waals surface area contributed by atoms with Crippen molar-refractivity contribution >= 4 is 48.6 Å². The molecule has 4 rings (SSSR count). The number of phenolic OH excluding ortho intramolecular Hbond substituents is 1. The van der Waals surface area contributed by atoms with Gasteiger partial charge >= 0.3 is 0 Å². The minimum Gasteiger partial charge on any atom is -0.506 e. The fourth-order valence-electron chi connectivity index (χ4n) is 5.36. The smallest absolute Gasteiger partial charge is 0.150 e. The first kappa shape index (κ1) is 22.6. The molecule has 1 saturated carbocycles. The number of aryl methyl sites for hydroxylation is 1. The number of benzene rings is 2. The van der Waals surface area contributed by atoms with E-state index in [1.807, 2.05) is 30.3 Å². The largest absolute Gasteiger partial charge is 0.506 e. The van der Waals surface area contributed by atoms with Crippen LogP contribution < -0.4 is 0 Å². The van der Waals surface area contributed by atoms with Crippen LogP contribution in [0.1, 0.15) is 63.3 Å². The normalized spacial score (nSPS) is 24.3. The number of aromatic hydroxyl groups is 1. The number of carbonyl (C=O) groups is 1. The fraction of sp³-hybridized carbons (Fsp3) is 0.423. The second kappa shape index (κ2) is 8.40. The van der Waals surface area contributed by atoms with E-state index in [0.717, 1.165) is 47.1 Å². The molecule has 1 aliphatic carbocycles. The van der Waals surface area contributed by atoms with Crippen molar-refractivity contribution in [2.45, 2.75) is 58.3 Å². The van der Waals surface area contributed by atoms with Crippen LogP contribution in [-0.4, -0.2) is 10.9 Å². The summed E-state index contributed by atoms with van der Waals surface area (Å²) in [4.78, 5) is 14.3. The molecule has 3 nitrogen and oxygen atoms in total. The Morgan fingerprint density at radius 2 is 1.84 bits per heavy atom. The summed E-state index contributed by atoms with van der Waals surface area (Å²) in [7, 11) is 0. The SMILES string of the molecule is CCc1oc2ccccc2c1C1(C)CCC(C(C)C)C(c2cc(Br)c(O)c(Br)c2)C1=O. The summed E-state index contributed by atoms with van der Waals surface area (Å²) in [5.74, 6) is 1.68. The lowest BCUT2D eigenvalue weighted by Gasteiger charge is -2.43. The van der Waals surface area contributed by atoms with E-state index in [-0.39, 0.29) is 23.4 Å². The van der Waals surface area contributed by atoms with E-state index in [1.165, 1.54) is 0 Å². The quantitative estimate of drug-likeness (QED) is 0.361. The van der Waals surface area contributed by atoms with Crippen molar-refractivity contribution in [1.29, 1.82) is 0 Å². The van der Waals surface area contributed by atoms with E-state index in [4.69, 9.17) is 4.42 Å². The molecule has 0 aliphatic heterocycles. The summed E-state index contributed by atoms with van der Waals surface area (Å²) in [6, 6.07) is 11.8. The number of fused-ring (bicyclic) bond motifs is 1. The molecule has 164 valence electrons. The number of phenols is 1. The van der Waals surface area contributed by atoms with Gasteiger partial charge in [0, 0.05) is 23.3 Å². The fourth-order valence-corrected chi connectivity index (χ4v) is 6.58. The first-order valence-corrected chi connectivity index (χ1v) is 12.5. The van der Waals surface area contributed by atoms with Gasteiger partial charge in [0.1, 0.15) is 17.1 Å². The van der Waals surface area contributed by atoms with Gasteiger partial charge in [0.2, 0.25) is 0 Å². The van der Waals surface area contributed by atoms with Gasteiger partial charge in [-0.05, 0) is 87.2 Å². The maximum absolute atomic E-state index is 14.3. The number of hydrogen-bond acceptors (Lipinski definition) is 3. The molecule has 3 aromatic rings. The molecule has 0 bridgehead atoms. The van der Waals surface area contributed by atoms with Crippen LogP contribution in [0.4, 0.5) is 0 Å². The Bertz CT molecular complexity index is 1120. The average Bonchev–Trinajstić information content (AvgIpc) is 3.12. The Labute approximate surface area is 200 Å². The van der Waals surface area contributed by atoms with Crippen LogP contribution in [0.2, 0.25) is 0 Å². The number of carbonyl (C=O) groups excluding carboxylic acids is 1. The maximum atomic E-state index is 14.3. The van der Waals surface area contributed by atoms with E-state index in [1.54, 1.807) is 0 Å². The molecule has 1 aromatic heterocycles. The average molecular weight is 548 g/mol. The van der Waals surface area contributed by atoms with Gasteiger partial charge in [-0.3, -0.25) is 4.79 Å². The lowest BCUT2D eigenvalue weighted by Crippen LogP contribution is -2.45. The Kier molecular flexibility index (Phi) is 6.12. The molecule has 31 heavy (non-hydrogen) atoms. The number of rotatable bonds is 4. The number of para-hydroxylation sites is 1. The topological polar surface area (TPSA) is 50.4 Å². The highest BCUT2D eigenvalue weighted by Gasteiger charge is 2.50. The van der Waals surface area contributed by atoms with Crippen molar-refractivity contribution < 1.29 is 14.3 Å². The summed E-state index contributed by atoms with van der Waals surface area (Å²) in [5.41, 5.74) is 2.22. The Morgan fingerprint density at radius 1 is 1.19 bits per heavy atom. The predicted molar refractivity (Wildman–Crippen MR) is 132 cm³/mol. The number of ketones is 1. The molecule has 0 spiro atoms. The monoisotopic (exact) mass is 546 g/mol. The van der Waals surface area contributed by atoms with Crippen LogP contribution in [0.25, 0.3) is 11.0 Å². The van der Waals surface area contributed by atoms with Crippen molar-refractivity contribution in [2.75, 3.05) is 0 Å². The van der Waals surface area contributed by atoms with E-state index in [9.17, 15) is 9.90 Å². The van der Waals surface area contributed by atoms with E-state index < -0.39 is 5.41 Å². The van der Waals surface area contributed by atoms with Crippen LogP contribution >= 0.6 is 31.9 Å². The van der Waals surface area contributed by atoms with Crippen molar-refractivity contribution in [3.63, 3.8) is 0 Å². The van der Waals surface area contributed by atoms with Gasteiger partial charge in [-0.25, -0.2) is 0 Å². The molecule has 0 saturated heterocycles. The van der Waals surface area contributed by atoms with Gasteiger partial charge in [0.25, 0.3) is 0 Å². The molecule has 1 aliphatic rings. The van der Waals surface area contributed by atoms with E-state index >= 15 is 0 Å². The summed E-state index contributed by atoms with van der Waals surface area (Å²) in [5, 5.41) is 11.3. The summed E-state index contributed by atoms with van der Waals surface area (Å²) in [6.45, 7) is 8.58. The summed E-state index contributed by atoms with van der Waals surface area (Å²) in [6.07, 6.45) is 2.52. The number of furan rings is 1. The van der Waals surface area contributed by atoms with Gasteiger partial charge < -0.3 is 9.52 Å². The first-order valence-electron chi connectivity index (χ1n) is 10.9. The number of halogens is 2. The predicted octanol–water partition coefficient (Wildman–Crippen LogP) is 7.90. The highest BCUT2D eigenvalue weighted by atomic mass is 79.9. The van der Waals surface area contributed by atoms with Crippen molar-refractivity contribution in [3.05, 3.63) is 62.2 Å². The molecule has 3 unspecified atom stereocenters. The minimum atomic E-state index is -0.620. The van der Waals surface area contributed by atoms with Gasteiger partial charge in [-0.15, -0.1) is 0 Å². The second-order valence-electron chi connectivity index (χ2n) is 9.20. The Balaban J connectivity index is 1.90. The van der Waals surface area contributed by atoms with E-state index in [0.29, 0.717) is 14.9 Å². The van der Waals surface area contributed by atoms with E-state index in [2.05, 4.69) is 65.6 Å². The van der Waals surface area contributed by atoms with Gasteiger partial charge in [0.15, 0.2) is 5.78 Å².